The van der Waals surface area contributed by atoms with Crippen molar-refractivity contribution < 1.29 is 22.8 Å². The van der Waals surface area contributed by atoms with Crippen molar-refractivity contribution in [3.8, 4) is 0 Å². The van der Waals surface area contributed by atoms with Gasteiger partial charge in [0.1, 0.15) is 6.04 Å². The Labute approximate surface area is 204 Å². The van der Waals surface area contributed by atoms with Crippen molar-refractivity contribution in [1.29, 1.82) is 0 Å². The molecular formula is C26H25N3O5S. The first-order valence-corrected chi connectivity index (χ1v) is 12.5. The first-order valence-electron chi connectivity index (χ1n) is 11.0. The highest BCUT2D eigenvalue weighted by Gasteiger charge is 2.44. The Kier molecular flexibility index (Phi) is 6.56. The van der Waals surface area contributed by atoms with E-state index >= 15 is 0 Å². The number of sulfonamides is 1. The van der Waals surface area contributed by atoms with E-state index in [-0.39, 0.29) is 29.5 Å². The predicted octanol–water partition coefficient (Wildman–Crippen LogP) is 2.93. The van der Waals surface area contributed by atoms with Crippen LogP contribution in [0.25, 0.3) is 0 Å². The second-order valence-corrected chi connectivity index (χ2v) is 10.2. The third-order valence-corrected chi connectivity index (χ3v) is 6.85. The minimum atomic E-state index is -3.92. The number of anilines is 1. The third-order valence-electron chi connectivity index (χ3n) is 5.92. The maximum Gasteiger partial charge on any atom is 0.257 e. The number of aryl methyl sites for hydroxylation is 2. The summed E-state index contributed by atoms with van der Waals surface area (Å²) < 4.78 is 23.1. The van der Waals surface area contributed by atoms with E-state index in [1.165, 1.54) is 29.2 Å². The standard InChI is InChI=1S/C26H25N3O5S/c1-17-6-8-19(9-7-17)16-28(25(31)20-5-3-4-18(2)14-20)23-15-24(30)29(26(23)32)21-10-12-22(13-11-21)35(27,33)34/h3-14,23H,15-16H2,1-2H3,(H2,27,33,34). The number of nitrogens with zero attached hydrogens (tertiary/aromatic N) is 2. The summed E-state index contributed by atoms with van der Waals surface area (Å²) in [4.78, 5) is 42.2. The zero-order valence-corrected chi connectivity index (χ0v) is 20.2. The lowest BCUT2D eigenvalue weighted by Gasteiger charge is -2.28. The van der Waals surface area contributed by atoms with Gasteiger partial charge in [-0.15, -0.1) is 0 Å². The van der Waals surface area contributed by atoms with Crippen LogP contribution in [0, 0.1) is 13.8 Å². The van der Waals surface area contributed by atoms with Gasteiger partial charge in [0.2, 0.25) is 15.9 Å². The Hall–Kier alpha value is -3.82. The molecule has 3 aromatic rings. The van der Waals surface area contributed by atoms with E-state index in [2.05, 4.69) is 0 Å². The fourth-order valence-corrected chi connectivity index (χ4v) is 4.59. The summed E-state index contributed by atoms with van der Waals surface area (Å²) in [7, 11) is -3.92. The monoisotopic (exact) mass is 491 g/mol. The van der Waals surface area contributed by atoms with Gasteiger partial charge in [-0.2, -0.15) is 0 Å². The summed E-state index contributed by atoms with van der Waals surface area (Å²) in [5.41, 5.74) is 3.43. The van der Waals surface area contributed by atoms with E-state index in [0.29, 0.717) is 5.56 Å². The molecule has 1 heterocycles. The Bertz CT molecular complexity index is 1400. The summed E-state index contributed by atoms with van der Waals surface area (Å²) in [6.07, 6.45) is -0.181. The molecule has 0 aliphatic carbocycles. The highest BCUT2D eigenvalue weighted by molar-refractivity contribution is 7.89. The number of primary sulfonamides is 1. The van der Waals surface area contributed by atoms with Gasteiger partial charge >= 0.3 is 0 Å². The first-order chi connectivity index (χ1) is 16.5. The number of carbonyl (C=O) groups is 3. The smallest absolute Gasteiger partial charge is 0.257 e. The number of nitrogens with two attached hydrogens (primary N) is 1. The van der Waals surface area contributed by atoms with Crippen LogP contribution in [0.2, 0.25) is 0 Å². The number of imide groups is 1. The van der Waals surface area contributed by atoms with E-state index in [0.717, 1.165) is 21.6 Å². The molecule has 0 bridgehead atoms. The highest BCUT2D eigenvalue weighted by atomic mass is 32.2. The Morgan fingerprint density at radius 1 is 0.971 bits per heavy atom. The molecule has 1 atom stereocenters. The van der Waals surface area contributed by atoms with Crippen LogP contribution < -0.4 is 10.0 Å². The fraction of sp³-hybridized carbons (Fsp3) is 0.192. The van der Waals surface area contributed by atoms with Gasteiger partial charge in [-0.3, -0.25) is 14.4 Å². The fourth-order valence-electron chi connectivity index (χ4n) is 4.07. The lowest BCUT2D eigenvalue weighted by molar-refractivity contribution is -0.122. The zero-order chi connectivity index (χ0) is 25.3. The van der Waals surface area contributed by atoms with Crippen molar-refractivity contribution in [3.63, 3.8) is 0 Å². The van der Waals surface area contributed by atoms with E-state index in [1.54, 1.807) is 18.2 Å². The molecule has 0 saturated carbocycles. The average molecular weight is 492 g/mol. The molecule has 1 fully saturated rings. The first kappa shape index (κ1) is 24.3. The molecule has 180 valence electrons. The molecule has 9 heteroatoms. The zero-order valence-electron chi connectivity index (χ0n) is 19.3. The average Bonchev–Trinajstić information content (AvgIpc) is 3.11. The molecule has 35 heavy (non-hydrogen) atoms. The van der Waals surface area contributed by atoms with Crippen LogP contribution in [0.15, 0.2) is 77.7 Å². The van der Waals surface area contributed by atoms with Gasteiger partial charge in [0, 0.05) is 12.1 Å². The van der Waals surface area contributed by atoms with E-state index in [1.807, 2.05) is 44.2 Å². The molecule has 3 aromatic carbocycles. The molecule has 1 saturated heterocycles. The molecule has 1 aliphatic rings. The summed E-state index contributed by atoms with van der Waals surface area (Å²) >= 11 is 0. The number of rotatable bonds is 6. The molecule has 0 spiro atoms. The highest BCUT2D eigenvalue weighted by Crippen LogP contribution is 2.28. The second-order valence-electron chi connectivity index (χ2n) is 8.61. The normalized spacial score (nSPS) is 16.0. The minimum absolute atomic E-state index is 0.132. The maximum atomic E-state index is 13.6. The lowest BCUT2D eigenvalue weighted by Crippen LogP contribution is -2.45. The SMILES string of the molecule is Cc1ccc(CN(C(=O)c2cccc(C)c2)C2CC(=O)N(c3ccc(S(N)(=O)=O)cc3)C2=O)cc1. The van der Waals surface area contributed by atoms with Gasteiger partial charge in [0.15, 0.2) is 0 Å². The van der Waals surface area contributed by atoms with Gasteiger partial charge in [-0.1, -0.05) is 47.5 Å². The number of benzene rings is 3. The van der Waals surface area contributed by atoms with Gasteiger partial charge in [0.25, 0.3) is 11.8 Å². The molecule has 1 unspecified atom stereocenters. The van der Waals surface area contributed by atoms with Crippen molar-refractivity contribution in [2.45, 2.75) is 37.8 Å². The number of hydrogen-bond donors (Lipinski definition) is 1. The van der Waals surface area contributed by atoms with Crippen LogP contribution in [0.5, 0.6) is 0 Å². The summed E-state index contributed by atoms with van der Waals surface area (Å²) in [6.45, 7) is 3.98. The van der Waals surface area contributed by atoms with Gasteiger partial charge in [-0.05, 0) is 55.8 Å². The van der Waals surface area contributed by atoms with Gasteiger partial charge < -0.3 is 4.90 Å². The molecule has 0 radical (unpaired) electrons. The van der Waals surface area contributed by atoms with Crippen molar-refractivity contribution in [1.82, 2.24) is 4.90 Å². The van der Waals surface area contributed by atoms with E-state index in [4.69, 9.17) is 5.14 Å². The van der Waals surface area contributed by atoms with Crippen molar-refractivity contribution in [3.05, 3.63) is 95.1 Å². The molecule has 1 aliphatic heterocycles. The largest absolute Gasteiger partial charge is 0.322 e. The maximum absolute atomic E-state index is 13.6. The van der Waals surface area contributed by atoms with Gasteiger partial charge in [-0.25, -0.2) is 18.5 Å². The quantitative estimate of drug-likeness (QED) is 0.532. The Morgan fingerprint density at radius 3 is 2.23 bits per heavy atom. The molecule has 4 rings (SSSR count). The predicted molar refractivity (Wildman–Crippen MR) is 131 cm³/mol. The van der Waals surface area contributed by atoms with Crippen LogP contribution in [0.1, 0.15) is 33.5 Å². The molecular weight excluding hydrogens is 466 g/mol. The molecule has 3 amide bonds. The Balaban J connectivity index is 1.68. The van der Waals surface area contributed by atoms with Crippen LogP contribution in [-0.4, -0.2) is 37.1 Å². The third kappa shape index (κ3) is 5.16. The second kappa shape index (κ2) is 9.44. The number of hydrogen-bond acceptors (Lipinski definition) is 5. The summed E-state index contributed by atoms with van der Waals surface area (Å²) in [6, 6.07) is 18.9. The number of carbonyl (C=O) groups excluding carboxylic acids is 3. The lowest BCUT2D eigenvalue weighted by atomic mass is 10.1. The van der Waals surface area contributed by atoms with Crippen LogP contribution in [-0.2, 0) is 26.2 Å². The van der Waals surface area contributed by atoms with Crippen LogP contribution in [0.3, 0.4) is 0 Å². The molecule has 2 N–H and O–H groups in total. The van der Waals surface area contributed by atoms with Crippen molar-refractivity contribution >= 4 is 33.4 Å². The van der Waals surface area contributed by atoms with Crippen LogP contribution >= 0.6 is 0 Å². The summed E-state index contributed by atoms with van der Waals surface area (Å²) in [5, 5.41) is 5.14. The van der Waals surface area contributed by atoms with E-state index in [9.17, 15) is 22.8 Å². The van der Waals surface area contributed by atoms with E-state index < -0.39 is 27.9 Å². The molecule has 8 nitrogen and oxygen atoms in total. The number of amides is 3. The molecule has 0 aromatic heterocycles. The van der Waals surface area contributed by atoms with Crippen LogP contribution in [0.4, 0.5) is 5.69 Å². The Morgan fingerprint density at radius 2 is 1.63 bits per heavy atom. The summed E-state index contributed by atoms with van der Waals surface area (Å²) in [5.74, 6) is -1.38. The van der Waals surface area contributed by atoms with Crippen molar-refractivity contribution in [2.75, 3.05) is 4.90 Å². The minimum Gasteiger partial charge on any atom is -0.322 e. The van der Waals surface area contributed by atoms with Crippen molar-refractivity contribution in [2.24, 2.45) is 5.14 Å². The van der Waals surface area contributed by atoms with Gasteiger partial charge in [0.05, 0.1) is 17.0 Å². The topological polar surface area (TPSA) is 118 Å².